The van der Waals surface area contributed by atoms with Crippen molar-refractivity contribution in [2.45, 2.75) is 25.0 Å². The molecule has 1 saturated heterocycles. The van der Waals surface area contributed by atoms with Gasteiger partial charge in [0.2, 0.25) is 0 Å². The van der Waals surface area contributed by atoms with E-state index in [0.717, 1.165) is 12.0 Å². The Morgan fingerprint density at radius 1 is 1.29 bits per heavy atom. The minimum Gasteiger partial charge on any atom is -0.479 e. The monoisotopic (exact) mass is 192 g/mol. The predicted octanol–water partition coefficient (Wildman–Crippen LogP) is 1.99. The Morgan fingerprint density at radius 3 is 2.57 bits per heavy atom. The molecule has 2 rings (SSSR count). The molecule has 1 fully saturated rings. The van der Waals surface area contributed by atoms with Gasteiger partial charge in [0.15, 0.2) is 6.10 Å². The molecule has 0 amide bonds. The van der Waals surface area contributed by atoms with Gasteiger partial charge in [-0.05, 0) is 18.4 Å². The van der Waals surface area contributed by atoms with Crippen molar-refractivity contribution in [3.63, 3.8) is 0 Å². The van der Waals surface area contributed by atoms with Gasteiger partial charge in [-0.2, -0.15) is 0 Å². The molecule has 1 N–H and O–H groups in total. The SMILES string of the molecule is O=C(O)[C@@H]1CC[C@H](c2ccccc2)O1. The molecule has 14 heavy (non-hydrogen) atoms. The van der Waals surface area contributed by atoms with Crippen LogP contribution in [0.15, 0.2) is 30.3 Å². The van der Waals surface area contributed by atoms with Crippen LogP contribution in [0.25, 0.3) is 0 Å². The molecular weight excluding hydrogens is 180 g/mol. The zero-order valence-corrected chi connectivity index (χ0v) is 7.72. The Bertz CT molecular complexity index is 321. The van der Waals surface area contributed by atoms with E-state index in [1.54, 1.807) is 0 Å². The van der Waals surface area contributed by atoms with E-state index < -0.39 is 12.1 Å². The highest BCUT2D eigenvalue weighted by Crippen LogP contribution is 2.32. The molecule has 1 aliphatic rings. The number of ether oxygens (including phenoxy) is 1. The van der Waals surface area contributed by atoms with Gasteiger partial charge in [-0.3, -0.25) is 0 Å². The summed E-state index contributed by atoms with van der Waals surface area (Å²) in [5.41, 5.74) is 1.07. The summed E-state index contributed by atoms with van der Waals surface area (Å²) in [4.78, 5) is 10.7. The van der Waals surface area contributed by atoms with Crippen molar-refractivity contribution in [1.82, 2.24) is 0 Å². The van der Waals surface area contributed by atoms with E-state index in [2.05, 4.69) is 0 Å². The number of carbonyl (C=O) groups is 1. The second kappa shape index (κ2) is 3.80. The highest BCUT2D eigenvalue weighted by atomic mass is 16.5. The molecular formula is C11H12O3. The third kappa shape index (κ3) is 1.77. The molecule has 2 atom stereocenters. The Morgan fingerprint density at radius 2 is 2.00 bits per heavy atom. The summed E-state index contributed by atoms with van der Waals surface area (Å²) in [5, 5.41) is 8.75. The van der Waals surface area contributed by atoms with Gasteiger partial charge in [0.1, 0.15) is 0 Å². The van der Waals surface area contributed by atoms with Gasteiger partial charge in [-0.15, -0.1) is 0 Å². The maximum Gasteiger partial charge on any atom is 0.332 e. The first-order valence-electron chi connectivity index (χ1n) is 4.70. The van der Waals surface area contributed by atoms with Crippen LogP contribution >= 0.6 is 0 Å². The fraction of sp³-hybridized carbons (Fsp3) is 0.364. The van der Waals surface area contributed by atoms with Gasteiger partial charge in [0.25, 0.3) is 0 Å². The van der Waals surface area contributed by atoms with Crippen molar-refractivity contribution in [3.05, 3.63) is 35.9 Å². The van der Waals surface area contributed by atoms with Crippen molar-refractivity contribution in [2.75, 3.05) is 0 Å². The van der Waals surface area contributed by atoms with Crippen LogP contribution in [0.1, 0.15) is 24.5 Å². The van der Waals surface area contributed by atoms with Crippen LogP contribution in [0.5, 0.6) is 0 Å². The van der Waals surface area contributed by atoms with Gasteiger partial charge in [-0.1, -0.05) is 30.3 Å². The van der Waals surface area contributed by atoms with Gasteiger partial charge < -0.3 is 9.84 Å². The maximum atomic E-state index is 10.7. The standard InChI is InChI=1S/C11H12O3/c12-11(13)10-7-6-9(14-10)8-4-2-1-3-5-8/h1-5,9-10H,6-7H2,(H,12,13)/t9-,10+/m1/s1. The van der Waals surface area contributed by atoms with Crippen LogP contribution in [-0.4, -0.2) is 17.2 Å². The molecule has 0 bridgehead atoms. The molecule has 74 valence electrons. The molecule has 0 aromatic heterocycles. The van der Waals surface area contributed by atoms with Crippen molar-refractivity contribution < 1.29 is 14.6 Å². The lowest BCUT2D eigenvalue weighted by molar-refractivity contribution is -0.149. The zero-order chi connectivity index (χ0) is 9.97. The number of carboxylic acid groups (broad SMARTS) is 1. The topological polar surface area (TPSA) is 46.5 Å². The number of hydrogen-bond acceptors (Lipinski definition) is 2. The first-order chi connectivity index (χ1) is 6.77. The van der Waals surface area contributed by atoms with Crippen LogP contribution in [0, 0.1) is 0 Å². The fourth-order valence-corrected chi connectivity index (χ4v) is 1.73. The van der Waals surface area contributed by atoms with E-state index in [1.165, 1.54) is 0 Å². The summed E-state index contributed by atoms with van der Waals surface area (Å²) < 4.78 is 5.41. The molecule has 0 unspecified atom stereocenters. The van der Waals surface area contributed by atoms with Gasteiger partial charge >= 0.3 is 5.97 Å². The van der Waals surface area contributed by atoms with E-state index in [0.29, 0.717) is 6.42 Å². The summed E-state index contributed by atoms with van der Waals surface area (Å²) in [6.07, 6.45) is 0.730. The number of aliphatic carboxylic acids is 1. The van der Waals surface area contributed by atoms with Gasteiger partial charge in [0.05, 0.1) is 6.10 Å². The lowest BCUT2D eigenvalue weighted by Gasteiger charge is -2.10. The Labute approximate surface area is 82.3 Å². The van der Waals surface area contributed by atoms with Crippen molar-refractivity contribution in [2.24, 2.45) is 0 Å². The zero-order valence-electron chi connectivity index (χ0n) is 7.72. The Hall–Kier alpha value is -1.35. The van der Waals surface area contributed by atoms with Gasteiger partial charge in [0, 0.05) is 0 Å². The predicted molar refractivity (Wildman–Crippen MR) is 50.9 cm³/mol. The minimum absolute atomic E-state index is 0.0442. The molecule has 1 aliphatic heterocycles. The Balaban J connectivity index is 2.06. The summed E-state index contributed by atoms with van der Waals surface area (Å²) in [5.74, 6) is -0.858. The fourth-order valence-electron chi connectivity index (χ4n) is 1.73. The van der Waals surface area contributed by atoms with Gasteiger partial charge in [-0.25, -0.2) is 4.79 Å². The molecule has 0 saturated carbocycles. The third-order valence-corrected chi connectivity index (χ3v) is 2.47. The molecule has 1 heterocycles. The van der Waals surface area contributed by atoms with E-state index in [-0.39, 0.29) is 6.10 Å². The van der Waals surface area contributed by atoms with E-state index in [4.69, 9.17) is 9.84 Å². The molecule has 0 aliphatic carbocycles. The van der Waals surface area contributed by atoms with Crippen LogP contribution < -0.4 is 0 Å². The van der Waals surface area contributed by atoms with Crippen molar-refractivity contribution in [3.8, 4) is 0 Å². The molecule has 0 spiro atoms. The molecule has 1 aromatic rings. The quantitative estimate of drug-likeness (QED) is 0.779. The highest BCUT2D eigenvalue weighted by Gasteiger charge is 2.30. The second-order valence-electron chi connectivity index (χ2n) is 3.44. The van der Waals surface area contributed by atoms with Crippen LogP contribution in [0.3, 0.4) is 0 Å². The summed E-state index contributed by atoms with van der Waals surface area (Å²) in [6, 6.07) is 9.75. The van der Waals surface area contributed by atoms with Crippen molar-refractivity contribution >= 4 is 5.97 Å². The molecule has 3 nitrogen and oxygen atoms in total. The Kier molecular flexibility index (Phi) is 2.50. The first-order valence-corrected chi connectivity index (χ1v) is 4.70. The van der Waals surface area contributed by atoms with E-state index in [1.807, 2.05) is 30.3 Å². The summed E-state index contributed by atoms with van der Waals surface area (Å²) >= 11 is 0. The maximum absolute atomic E-state index is 10.7. The average Bonchev–Trinajstić information content (AvgIpc) is 2.68. The molecule has 3 heteroatoms. The number of carboxylic acids is 1. The second-order valence-corrected chi connectivity index (χ2v) is 3.44. The van der Waals surface area contributed by atoms with Crippen molar-refractivity contribution in [1.29, 1.82) is 0 Å². The minimum atomic E-state index is -0.858. The molecule has 0 radical (unpaired) electrons. The van der Waals surface area contributed by atoms with Crippen LogP contribution in [0.4, 0.5) is 0 Å². The highest BCUT2D eigenvalue weighted by molar-refractivity contribution is 5.72. The largest absolute Gasteiger partial charge is 0.479 e. The summed E-state index contributed by atoms with van der Waals surface area (Å²) in [7, 11) is 0. The lowest BCUT2D eigenvalue weighted by atomic mass is 10.1. The molecule has 1 aromatic carbocycles. The summed E-state index contributed by atoms with van der Waals surface area (Å²) in [6.45, 7) is 0. The van der Waals surface area contributed by atoms with E-state index in [9.17, 15) is 4.79 Å². The number of benzene rings is 1. The lowest BCUT2D eigenvalue weighted by Crippen LogP contribution is -2.18. The van der Waals surface area contributed by atoms with Crippen LogP contribution in [0.2, 0.25) is 0 Å². The smallest absolute Gasteiger partial charge is 0.332 e. The third-order valence-electron chi connectivity index (χ3n) is 2.47. The number of hydrogen-bond donors (Lipinski definition) is 1. The van der Waals surface area contributed by atoms with E-state index >= 15 is 0 Å². The number of rotatable bonds is 2. The average molecular weight is 192 g/mol. The van der Waals surface area contributed by atoms with Crippen LogP contribution in [-0.2, 0) is 9.53 Å². The first kappa shape index (κ1) is 9.21. The normalized spacial score (nSPS) is 26.3.